The van der Waals surface area contributed by atoms with Crippen molar-refractivity contribution in [3.8, 4) is 5.75 Å². The highest BCUT2D eigenvalue weighted by Crippen LogP contribution is 2.38. The lowest BCUT2D eigenvalue weighted by Gasteiger charge is -2.42. The highest BCUT2D eigenvalue weighted by molar-refractivity contribution is 5.95. The molecule has 2 aliphatic heterocycles. The molecule has 2 aliphatic rings. The predicted octanol–water partition coefficient (Wildman–Crippen LogP) is 4.69. The Labute approximate surface area is 210 Å². The zero-order chi connectivity index (χ0) is 24.7. The minimum absolute atomic E-state index is 0.0887. The summed E-state index contributed by atoms with van der Waals surface area (Å²) in [5.74, 6) is 1.11. The molecule has 0 aromatic heterocycles. The first-order valence-corrected chi connectivity index (χ1v) is 13.0. The van der Waals surface area contributed by atoms with Gasteiger partial charge in [-0.2, -0.15) is 0 Å². The Kier molecular flexibility index (Phi) is 8.69. The minimum atomic E-state index is 0.0887. The molecule has 2 aromatic carbocycles. The Morgan fingerprint density at radius 2 is 1.74 bits per heavy atom. The Hall–Kier alpha value is -2.57. The first-order chi connectivity index (χ1) is 17.0. The summed E-state index contributed by atoms with van der Waals surface area (Å²) in [5, 5.41) is 0. The van der Waals surface area contributed by atoms with Crippen LogP contribution in [0.2, 0.25) is 0 Å². The number of para-hydroxylation sites is 1. The number of ether oxygens (including phenoxy) is 2. The van der Waals surface area contributed by atoms with Gasteiger partial charge in [0.05, 0.1) is 13.2 Å². The summed E-state index contributed by atoms with van der Waals surface area (Å²) in [5.41, 5.74) is 3.13. The fourth-order valence-corrected chi connectivity index (χ4v) is 5.15. The van der Waals surface area contributed by atoms with Crippen molar-refractivity contribution in [1.82, 2.24) is 9.80 Å². The summed E-state index contributed by atoms with van der Waals surface area (Å²) in [7, 11) is 6.14. The van der Waals surface area contributed by atoms with Gasteiger partial charge in [0.2, 0.25) is 0 Å². The number of amides is 1. The Morgan fingerprint density at radius 1 is 0.943 bits per heavy atom. The van der Waals surface area contributed by atoms with Crippen LogP contribution in [0.15, 0.2) is 48.5 Å². The molecule has 1 saturated heterocycles. The molecule has 0 saturated carbocycles. The summed E-state index contributed by atoms with van der Waals surface area (Å²) in [6, 6.07) is 16.3. The number of likely N-dealkylation sites (N-methyl/N-ethyl adjacent to an activating group) is 1. The maximum atomic E-state index is 13.3. The average molecular weight is 480 g/mol. The molecule has 1 fully saturated rings. The normalized spacial score (nSPS) is 19.9. The maximum absolute atomic E-state index is 13.3. The van der Waals surface area contributed by atoms with Gasteiger partial charge in [0.25, 0.3) is 5.91 Å². The monoisotopic (exact) mass is 479 g/mol. The molecule has 2 aromatic rings. The molecule has 0 unspecified atom stereocenters. The molecule has 1 spiro atoms. The summed E-state index contributed by atoms with van der Waals surface area (Å²) in [4.78, 5) is 19.6. The SMILES string of the molecule is CN1CCOCCCCC2(CCN(C(=O)c3cccc(N(C)C)c3)CC2)COc2ccccc2C1. The smallest absolute Gasteiger partial charge is 0.253 e. The zero-order valence-corrected chi connectivity index (χ0v) is 21.7. The van der Waals surface area contributed by atoms with Gasteiger partial charge in [-0.3, -0.25) is 9.69 Å². The third-order valence-electron chi connectivity index (χ3n) is 7.53. The second kappa shape index (κ2) is 11.9. The molecule has 6 nitrogen and oxygen atoms in total. The number of likely N-dealkylation sites (tertiary alicyclic amines) is 1. The standard InChI is InChI=1S/C29H41N3O3/c1-30(2)26-11-8-10-24(21-26)28(33)32-16-14-29(15-17-32)13-6-7-19-34-20-18-31(3)22-25-9-4-5-12-27(25)35-23-29/h4-5,8-12,21H,6-7,13-20,22-23H2,1-3H3. The lowest BCUT2D eigenvalue weighted by atomic mass is 9.75. The number of fused-ring (bicyclic) bond motifs is 1. The van der Waals surface area contributed by atoms with Gasteiger partial charge >= 0.3 is 0 Å². The van der Waals surface area contributed by atoms with Crippen LogP contribution >= 0.6 is 0 Å². The van der Waals surface area contributed by atoms with Gasteiger partial charge in [-0.1, -0.05) is 30.7 Å². The molecule has 0 bridgehead atoms. The Balaban J connectivity index is 1.45. The largest absolute Gasteiger partial charge is 0.493 e. The topological polar surface area (TPSA) is 45.2 Å². The molecule has 4 rings (SSSR count). The van der Waals surface area contributed by atoms with E-state index in [4.69, 9.17) is 9.47 Å². The van der Waals surface area contributed by atoms with Crippen molar-refractivity contribution < 1.29 is 14.3 Å². The van der Waals surface area contributed by atoms with E-state index in [2.05, 4.69) is 36.2 Å². The van der Waals surface area contributed by atoms with E-state index in [1.165, 1.54) is 5.56 Å². The van der Waals surface area contributed by atoms with Gasteiger partial charge in [0.1, 0.15) is 5.75 Å². The highest BCUT2D eigenvalue weighted by atomic mass is 16.5. The first-order valence-electron chi connectivity index (χ1n) is 13.0. The van der Waals surface area contributed by atoms with Crippen LogP contribution in [0.5, 0.6) is 5.75 Å². The minimum Gasteiger partial charge on any atom is -0.493 e. The van der Waals surface area contributed by atoms with Crippen molar-refractivity contribution >= 4 is 11.6 Å². The van der Waals surface area contributed by atoms with Gasteiger partial charge in [0, 0.05) is 69.1 Å². The quantitative estimate of drug-likeness (QED) is 0.626. The molecule has 0 atom stereocenters. The third kappa shape index (κ3) is 6.77. The molecular weight excluding hydrogens is 438 g/mol. The number of carbonyl (C=O) groups excluding carboxylic acids is 1. The van der Waals surface area contributed by atoms with E-state index in [0.29, 0.717) is 6.61 Å². The summed E-state index contributed by atoms with van der Waals surface area (Å²) in [6.45, 7) is 5.59. The van der Waals surface area contributed by atoms with Crippen LogP contribution in [-0.4, -0.2) is 76.3 Å². The molecule has 0 aliphatic carbocycles. The van der Waals surface area contributed by atoms with E-state index in [1.807, 2.05) is 48.2 Å². The van der Waals surface area contributed by atoms with Gasteiger partial charge in [0.15, 0.2) is 0 Å². The highest BCUT2D eigenvalue weighted by Gasteiger charge is 2.37. The molecule has 0 radical (unpaired) electrons. The summed E-state index contributed by atoms with van der Waals surface area (Å²) < 4.78 is 12.4. The van der Waals surface area contributed by atoms with Crippen LogP contribution < -0.4 is 9.64 Å². The second-order valence-electron chi connectivity index (χ2n) is 10.4. The molecule has 0 N–H and O–H groups in total. The van der Waals surface area contributed by atoms with Crippen molar-refractivity contribution in [1.29, 1.82) is 0 Å². The number of hydrogen-bond acceptors (Lipinski definition) is 5. The van der Waals surface area contributed by atoms with Crippen molar-refractivity contribution in [2.75, 3.05) is 65.5 Å². The maximum Gasteiger partial charge on any atom is 0.253 e. The van der Waals surface area contributed by atoms with Crippen molar-refractivity contribution in [2.45, 2.75) is 38.6 Å². The van der Waals surface area contributed by atoms with E-state index >= 15 is 0 Å². The van der Waals surface area contributed by atoms with Gasteiger partial charge in [-0.05, 0) is 57.0 Å². The van der Waals surface area contributed by atoms with Crippen molar-refractivity contribution in [2.24, 2.45) is 5.41 Å². The molecule has 190 valence electrons. The lowest BCUT2D eigenvalue weighted by molar-refractivity contribution is 0.0333. The number of carbonyl (C=O) groups is 1. The van der Waals surface area contributed by atoms with Crippen LogP contribution in [0.1, 0.15) is 48.0 Å². The van der Waals surface area contributed by atoms with E-state index in [0.717, 1.165) is 88.5 Å². The van der Waals surface area contributed by atoms with Crippen molar-refractivity contribution in [3.63, 3.8) is 0 Å². The van der Waals surface area contributed by atoms with Gasteiger partial charge in [-0.25, -0.2) is 0 Å². The lowest BCUT2D eigenvalue weighted by Crippen LogP contribution is -2.45. The van der Waals surface area contributed by atoms with Crippen LogP contribution in [0, 0.1) is 5.41 Å². The third-order valence-corrected chi connectivity index (χ3v) is 7.53. The second-order valence-corrected chi connectivity index (χ2v) is 10.4. The van der Waals surface area contributed by atoms with Crippen LogP contribution in [0.3, 0.4) is 0 Å². The molecule has 1 amide bonds. The summed E-state index contributed by atoms with van der Waals surface area (Å²) in [6.07, 6.45) is 5.24. The summed E-state index contributed by atoms with van der Waals surface area (Å²) >= 11 is 0. The van der Waals surface area contributed by atoms with Crippen LogP contribution in [0.4, 0.5) is 5.69 Å². The number of piperidine rings is 1. The predicted molar refractivity (Wildman–Crippen MR) is 141 cm³/mol. The first kappa shape index (κ1) is 25.5. The van der Waals surface area contributed by atoms with Gasteiger partial charge < -0.3 is 19.3 Å². The van der Waals surface area contributed by atoms with Crippen LogP contribution in [-0.2, 0) is 11.3 Å². The Morgan fingerprint density at radius 3 is 2.54 bits per heavy atom. The molecule has 2 heterocycles. The number of nitrogens with zero attached hydrogens (tertiary/aromatic N) is 3. The van der Waals surface area contributed by atoms with E-state index in [-0.39, 0.29) is 11.3 Å². The molecule has 6 heteroatoms. The Bertz CT molecular complexity index is 969. The number of rotatable bonds is 2. The fourth-order valence-electron chi connectivity index (χ4n) is 5.15. The van der Waals surface area contributed by atoms with E-state index < -0.39 is 0 Å². The van der Waals surface area contributed by atoms with E-state index in [9.17, 15) is 4.79 Å². The number of benzene rings is 2. The van der Waals surface area contributed by atoms with Crippen LogP contribution in [0.25, 0.3) is 0 Å². The number of anilines is 1. The fraction of sp³-hybridized carbons (Fsp3) is 0.552. The van der Waals surface area contributed by atoms with Gasteiger partial charge in [-0.15, -0.1) is 0 Å². The van der Waals surface area contributed by atoms with E-state index in [1.54, 1.807) is 0 Å². The van der Waals surface area contributed by atoms with Crippen molar-refractivity contribution in [3.05, 3.63) is 59.7 Å². The average Bonchev–Trinajstić information content (AvgIpc) is 2.87. The zero-order valence-electron chi connectivity index (χ0n) is 21.7. The molecular formula is C29H41N3O3. The number of hydrogen-bond donors (Lipinski definition) is 0. The molecule has 35 heavy (non-hydrogen) atoms.